The number of phenols is 1. The maximum atomic E-state index is 14.4. The number of anilines is 2. The van der Waals surface area contributed by atoms with Gasteiger partial charge in [-0.25, -0.2) is 9.29 Å². The fourth-order valence-corrected chi connectivity index (χ4v) is 6.01. The molecule has 0 bridgehead atoms. The van der Waals surface area contributed by atoms with Crippen molar-refractivity contribution in [2.24, 2.45) is 11.8 Å². The summed E-state index contributed by atoms with van der Waals surface area (Å²) in [4.78, 5) is 42.3. The zero-order valence-electron chi connectivity index (χ0n) is 18.5. The van der Waals surface area contributed by atoms with Gasteiger partial charge in [-0.2, -0.15) is 0 Å². The number of hydrogen-bond donors (Lipinski definition) is 3. The molecule has 3 amide bonds. The zero-order chi connectivity index (χ0) is 25.4. The molecule has 10 heteroatoms. The molecule has 0 saturated carbocycles. The Balaban J connectivity index is 1.50. The first-order valence-corrected chi connectivity index (χ1v) is 12.0. The van der Waals surface area contributed by atoms with Crippen molar-refractivity contribution < 1.29 is 23.9 Å². The Kier molecular flexibility index (Phi) is 5.12. The summed E-state index contributed by atoms with van der Waals surface area (Å²) in [5.41, 5.74) is 0.0536. The fraction of sp³-hybridized carbons (Fsp3) is 0.192. The molecule has 2 fully saturated rings. The average Bonchev–Trinajstić information content (AvgIpc) is 3.42. The van der Waals surface area contributed by atoms with Gasteiger partial charge in [0, 0.05) is 17.3 Å². The van der Waals surface area contributed by atoms with Crippen molar-refractivity contribution in [1.82, 2.24) is 5.32 Å². The van der Waals surface area contributed by atoms with Gasteiger partial charge in [-0.05, 0) is 60.5 Å². The smallest absolute Gasteiger partial charge is 0.250 e. The van der Waals surface area contributed by atoms with E-state index in [0.717, 1.165) is 10.5 Å². The molecule has 0 aromatic heterocycles. The van der Waals surface area contributed by atoms with E-state index in [9.17, 15) is 23.9 Å². The lowest BCUT2D eigenvalue weighted by atomic mass is 9.76. The molecule has 3 N–H and O–H groups in total. The molecule has 3 aliphatic heterocycles. The molecular weight excluding hydrogens is 508 g/mol. The summed E-state index contributed by atoms with van der Waals surface area (Å²) in [6.45, 7) is 0. The third kappa shape index (κ3) is 3.18. The number of phenolic OH excluding ortho intramolecular Hbond substituents is 1. The molecule has 0 unspecified atom stereocenters. The van der Waals surface area contributed by atoms with Crippen molar-refractivity contribution in [3.63, 3.8) is 0 Å². The minimum absolute atomic E-state index is 0.0879. The third-order valence-corrected chi connectivity index (χ3v) is 7.97. The number of rotatable bonds is 3. The van der Waals surface area contributed by atoms with Crippen LogP contribution in [-0.2, 0) is 26.3 Å². The van der Waals surface area contributed by atoms with Crippen LogP contribution in [0.1, 0.15) is 11.1 Å². The summed E-state index contributed by atoms with van der Waals surface area (Å²) < 4.78 is 14.4. The largest absolute Gasteiger partial charge is 0.508 e. The fourth-order valence-electron chi connectivity index (χ4n) is 5.71. The van der Waals surface area contributed by atoms with E-state index in [2.05, 4.69) is 10.6 Å². The Hall–Kier alpha value is -3.46. The zero-order valence-corrected chi connectivity index (χ0v) is 20.0. The molecule has 4 atom stereocenters. The van der Waals surface area contributed by atoms with E-state index in [1.807, 2.05) is 0 Å². The highest BCUT2D eigenvalue weighted by molar-refractivity contribution is 6.42. The van der Waals surface area contributed by atoms with Gasteiger partial charge in [0.05, 0.1) is 27.6 Å². The van der Waals surface area contributed by atoms with E-state index in [1.54, 1.807) is 12.1 Å². The SMILES string of the molecule is O=C1[C@H]2[C@@H](C(=O)N1c1ccc(Cl)c(Cl)c1)[C@]1(N[C@@H]2Cc2ccc(O)cc2)C(=O)Nc2ccc(F)cc21. The van der Waals surface area contributed by atoms with Crippen LogP contribution in [0.2, 0.25) is 10.0 Å². The van der Waals surface area contributed by atoms with Crippen molar-refractivity contribution in [2.75, 3.05) is 10.2 Å². The van der Waals surface area contributed by atoms with Crippen LogP contribution in [0.3, 0.4) is 0 Å². The monoisotopic (exact) mass is 525 g/mol. The molecule has 0 radical (unpaired) electrons. The van der Waals surface area contributed by atoms with Crippen LogP contribution >= 0.6 is 23.2 Å². The van der Waals surface area contributed by atoms with Crippen LogP contribution in [-0.4, -0.2) is 28.9 Å². The number of imide groups is 1. The summed E-state index contributed by atoms with van der Waals surface area (Å²) >= 11 is 12.2. The van der Waals surface area contributed by atoms with Gasteiger partial charge in [0.25, 0.3) is 0 Å². The van der Waals surface area contributed by atoms with E-state index in [0.29, 0.717) is 5.69 Å². The number of benzene rings is 3. The Labute approximate surface area is 214 Å². The number of carbonyl (C=O) groups excluding carboxylic acids is 3. The Bertz CT molecular complexity index is 1460. The molecule has 2 saturated heterocycles. The first-order chi connectivity index (χ1) is 17.2. The number of aromatic hydroxyl groups is 1. The molecule has 3 aliphatic rings. The van der Waals surface area contributed by atoms with Crippen LogP contribution < -0.4 is 15.5 Å². The summed E-state index contributed by atoms with van der Waals surface area (Å²) in [6.07, 6.45) is 0.287. The number of nitrogens with one attached hydrogen (secondary N) is 2. The maximum Gasteiger partial charge on any atom is 0.250 e. The number of amides is 3. The Morgan fingerprint density at radius 1 is 0.944 bits per heavy atom. The molecule has 3 aromatic rings. The molecule has 6 rings (SSSR count). The minimum atomic E-state index is -1.64. The highest BCUT2D eigenvalue weighted by atomic mass is 35.5. The predicted octanol–water partition coefficient (Wildman–Crippen LogP) is 4.01. The number of nitrogens with zero attached hydrogens (tertiary/aromatic N) is 1. The number of fused-ring (bicyclic) bond motifs is 4. The first-order valence-electron chi connectivity index (χ1n) is 11.2. The van der Waals surface area contributed by atoms with Gasteiger partial charge in [0.2, 0.25) is 17.7 Å². The van der Waals surface area contributed by atoms with Crippen LogP contribution in [0.25, 0.3) is 0 Å². The lowest BCUT2D eigenvalue weighted by molar-refractivity contribution is -0.130. The summed E-state index contributed by atoms with van der Waals surface area (Å²) in [5.74, 6) is -4.12. The third-order valence-electron chi connectivity index (χ3n) is 7.23. The average molecular weight is 526 g/mol. The molecule has 7 nitrogen and oxygen atoms in total. The van der Waals surface area contributed by atoms with Gasteiger partial charge in [0.15, 0.2) is 0 Å². The minimum Gasteiger partial charge on any atom is -0.508 e. The number of carbonyl (C=O) groups is 3. The quantitative estimate of drug-likeness (QED) is 0.449. The molecule has 3 aromatic carbocycles. The first kappa shape index (κ1) is 23.0. The lowest BCUT2D eigenvalue weighted by Crippen LogP contribution is -2.53. The van der Waals surface area contributed by atoms with Gasteiger partial charge in [0.1, 0.15) is 17.1 Å². The van der Waals surface area contributed by atoms with Crippen LogP contribution in [0.5, 0.6) is 5.75 Å². The van der Waals surface area contributed by atoms with Gasteiger partial charge in [-0.3, -0.25) is 19.7 Å². The second-order valence-corrected chi connectivity index (χ2v) is 10.0. The van der Waals surface area contributed by atoms with Crippen LogP contribution in [0, 0.1) is 17.7 Å². The molecule has 0 aliphatic carbocycles. The molecule has 1 spiro atoms. The summed E-state index contributed by atoms with van der Waals surface area (Å²) in [7, 11) is 0. The van der Waals surface area contributed by atoms with Crippen molar-refractivity contribution >= 4 is 52.3 Å². The summed E-state index contributed by atoms with van der Waals surface area (Å²) in [5, 5.41) is 16.1. The van der Waals surface area contributed by atoms with Crippen molar-refractivity contribution in [2.45, 2.75) is 18.0 Å². The Morgan fingerprint density at radius 2 is 1.69 bits per heavy atom. The topological polar surface area (TPSA) is 98.7 Å². The second kappa shape index (κ2) is 8.03. The van der Waals surface area contributed by atoms with Crippen LogP contribution in [0.4, 0.5) is 15.8 Å². The maximum absolute atomic E-state index is 14.4. The van der Waals surface area contributed by atoms with E-state index in [1.165, 1.54) is 48.5 Å². The highest BCUT2D eigenvalue weighted by Crippen LogP contribution is 2.54. The van der Waals surface area contributed by atoms with Gasteiger partial charge >= 0.3 is 0 Å². The van der Waals surface area contributed by atoms with Crippen molar-refractivity contribution in [1.29, 1.82) is 0 Å². The predicted molar refractivity (Wildman–Crippen MR) is 131 cm³/mol. The van der Waals surface area contributed by atoms with Gasteiger partial charge in [-0.1, -0.05) is 35.3 Å². The second-order valence-electron chi connectivity index (χ2n) is 9.19. The lowest BCUT2D eigenvalue weighted by Gasteiger charge is -2.29. The number of hydrogen-bond acceptors (Lipinski definition) is 5. The Morgan fingerprint density at radius 3 is 2.42 bits per heavy atom. The molecular formula is C26H18Cl2FN3O4. The van der Waals surface area contributed by atoms with E-state index in [4.69, 9.17) is 23.2 Å². The summed E-state index contributed by atoms with van der Waals surface area (Å²) in [6, 6.07) is 14.1. The van der Waals surface area contributed by atoms with Gasteiger partial charge < -0.3 is 10.4 Å². The van der Waals surface area contributed by atoms with E-state index >= 15 is 0 Å². The standard InChI is InChI=1S/C26H18Cl2FN3O4/c27-17-7-4-14(11-18(17)28)32-23(34)21-20(9-12-1-5-15(33)6-2-12)31-26(22(21)24(32)35)16-10-13(29)3-8-19(16)30-25(26)36/h1-8,10-11,20-22,31,33H,9H2,(H,30,36)/t20-,21-,22+,26+/m1/s1. The molecule has 182 valence electrons. The number of halogens is 3. The van der Waals surface area contributed by atoms with Gasteiger partial charge in [-0.15, -0.1) is 0 Å². The highest BCUT2D eigenvalue weighted by Gasteiger charge is 2.70. The van der Waals surface area contributed by atoms with Crippen molar-refractivity contribution in [3.05, 3.63) is 87.7 Å². The molecule has 3 heterocycles. The van der Waals surface area contributed by atoms with E-state index < -0.39 is 47.0 Å². The normalized spacial score (nSPS) is 26.5. The van der Waals surface area contributed by atoms with E-state index in [-0.39, 0.29) is 33.5 Å². The van der Waals surface area contributed by atoms with Crippen LogP contribution in [0.15, 0.2) is 60.7 Å². The van der Waals surface area contributed by atoms with Crippen molar-refractivity contribution in [3.8, 4) is 5.75 Å². The molecule has 36 heavy (non-hydrogen) atoms.